The molecule has 8 nitrogen and oxygen atoms in total. The van der Waals surface area contributed by atoms with E-state index in [1.165, 1.54) is 15.9 Å². The molecule has 0 aliphatic heterocycles. The molecule has 0 N–H and O–H groups in total. The molecule has 132 valence electrons. The monoisotopic (exact) mass is 371 g/mol. The number of fused-ring (bicyclic) bond motifs is 1. The van der Waals surface area contributed by atoms with Crippen LogP contribution in [0.2, 0.25) is 0 Å². The summed E-state index contributed by atoms with van der Waals surface area (Å²) < 4.78 is 16.7. The molecule has 0 atom stereocenters. The normalized spacial score (nSPS) is 11.1. The maximum Gasteiger partial charge on any atom is 0.419 e. The molecular weight excluding hydrogens is 358 g/mol. The van der Waals surface area contributed by atoms with Crippen molar-refractivity contribution < 1.29 is 18.5 Å². The van der Waals surface area contributed by atoms with E-state index >= 15 is 0 Å². The van der Waals surface area contributed by atoms with Crippen LogP contribution in [0.15, 0.2) is 55.5 Å². The van der Waals surface area contributed by atoms with Crippen molar-refractivity contribution in [3.05, 3.63) is 58.2 Å². The van der Waals surface area contributed by atoms with Gasteiger partial charge in [0.2, 0.25) is 5.82 Å². The number of aromatic nitrogens is 3. The maximum absolute atomic E-state index is 11.9. The molecule has 1 aromatic carbocycles. The van der Waals surface area contributed by atoms with Gasteiger partial charge in [0.15, 0.2) is 12.2 Å². The van der Waals surface area contributed by atoms with E-state index in [0.29, 0.717) is 16.9 Å². The third kappa shape index (κ3) is 3.29. The largest absolute Gasteiger partial charge is 0.456 e. The minimum absolute atomic E-state index is 0.0232. The summed E-state index contributed by atoms with van der Waals surface area (Å²) in [7, 11) is 0. The van der Waals surface area contributed by atoms with Crippen LogP contribution >= 0.6 is 11.3 Å². The minimum atomic E-state index is -0.503. The lowest BCUT2D eigenvalue weighted by atomic mass is 10.3. The van der Waals surface area contributed by atoms with Gasteiger partial charge in [0.1, 0.15) is 0 Å². The zero-order valence-electron chi connectivity index (χ0n) is 13.5. The van der Waals surface area contributed by atoms with Crippen LogP contribution in [0.4, 0.5) is 0 Å². The first-order valence-electron chi connectivity index (χ1n) is 7.81. The van der Waals surface area contributed by atoms with Crippen LogP contribution < -0.4 is 5.76 Å². The molecule has 0 spiro atoms. The first kappa shape index (κ1) is 16.3. The molecule has 0 fully saturated rings. The molecule has 0 saturated carbocycles. The van der Waals surface area contributed by atoms with E-state index in [-0.39, 0.29) is 25.5 Å². The van der Waals surface area contributed by atoms with Crippen molar-refractivity contribution in [1.82, 2.24) is 14.7 Å². The number of benzene rings is 1. The number of thiophene rings is 1. The summed E-state index contributed by atoms with van der Waals surface area (Å²) in [5.74, 6) is -0.301. The van der Waals surface area contributed by atoms with E-state index in [0.717, 1.165) is 4.88 Å². The Morgan fingerprint density at radius 3 is 2.96 bits per heavy atom. The number of ether oxygens (including phenoxy) is 1. The van der Waals surface area contributed by atoms with E-state index in [1.807, 2.05) is 17.5 Å². The number of aryl methyl sites for hydroxylation is 1. The number of carbonyl (C=O) groups excluding carboxylic acids is 1. The first-order chi connectivity index (χ1) is 12.7. The third-order valence-corrected chi connectivity index (χ3v) is 4.55. The van der Waals surface area contributed by atoms with Crippen molar-refractivity contribution in [3.8, 4) is 10.7 Å². The van der Waals surface area contributed by atoms with Crippen LogP contribution in [0, 0.1) is 0 Å². The number of oxazole rings is 1. The van der Waals surface area contributed by atoms with Crippen LogP contribution in [0.3, 0.4) is 0 Å². The fourth-order valence-corrected chi connectivity index (χ4v) is 3.11. The number of hydrogen-bond donors (Lipinski definition) is 0. The van der Waals surface area contributed by atoms with E-state index in [9.17, 15) is 9.59 Å². The lowest BCUT2D eigenvalue weighted by Gasteiger charge is -2.03. The Hall–Kier alpha value is -3.20. The molecule has 0 amide bonds. The van der Waals surface area contributed by atoms with Gasteiger partial charge < -0.3 is 13.7 Å². The standard InChI is InChI=1S/C17H13N3O5S/c21-15(7-8-20-11-4-1-2-5-12(11)24-17(20)22)23-10-14-18-16(19-25-14)13-6-3-9-26-13/h1-6,9H,7-8,10H2. The number of hydrogen-bond acceptors (Lipinski definition) is 8. The summed E-state index contributed by atoms with van der Waals surface area (Å²) in [6.07, 6.45) is 0.0232. The Balaban J connectivity index is 1.34. The van der Waals surface area contributed by atoms with Gasteiger partial charge >= 0.3 is 11.7 Å². The van der Waals surface area contributed by atoms with Crippen LogP contribution in [0.1, 0.15) is 12.3 Å². The van der Waals surface area contributed by atoms with Crippen molar-refractivity contribution in [3.63, 3.8) is 0 Å². The topological polar surface area (TPSA) is 100 Å². The van der Waals surface area contributed by atoms with Crippen molar-refractivity contribution in [1.29, 1.82) is 0 Å². The molecule has 0 radical (unpaired) electrons. The van der Waals surface area contributed by atoms with Gasteiger partial charge in [0.25, 0.3) is 5.89 Å². The summed E-state index contributed by atoms with van der Waals surface area (Å²) in [6.45, 7) is 0.0528. The summed E-state index contributed by atoms with van der Waals surface area (Å²) >= 11 is 1.49. The molecule has 3 heterocycles. The lowest BCUT2D eigenvalue weighted by Crippen LogP contribution is -2.17. The Bertz CT molecular complexity index is 1090. The van der Waals surface area contributed by atoms with Gasteiger partial charge in [0, 0.05) is 6.54 Å². The van der Waals surface area contributed by atoms with E-state index in [2.05, 4.69) is 10.1 Å². The van der Waals surface area contributed by atoms with E-state index < -0.39 is 11.7 Å². The molecule has 4 rings (SSSR count). The fourth-order valence-electron chi connectivity index (χ4n) is 2.46. The van der Waals surface area contributed by atoms with Crippen molar-refractivity contribution in [2.45, 2.75) is 19.6 Å². The highest BCUT2D eigenvalue weighted by atomic mass is 32.1. The van der Waals surface area contributed by atoms with E-state index in [4.69, 9.17) is 13.7 Å². The van der Waals surface area contributed by atoms with Gasteiger partial charge in [-0.3, -0.25) is 9.36 Å². The SMILES string of the molecule is O=C(CCn1c(=O)oc2ccccc21)OCc1nc(-c2cccs2)no1. The van der Waals surface area contributed by atoms with Gasteiger partial charge in [-0.1, -0.05) is 23.4 Å². The Morgan fingerprint density at radius 2 is 2.12 bits per heavy atom. The second kappa shape index (κ2) is 6.96. The molecule has 0 saturated heterocycles. The van der Waals surface area contributed by atoms with Gasteiger partial charge in [-0.15, -0.1) is 11.3 Å². The number of rotatable bonds is 6. The Labute approximate surface area is 150 Å². The molecular formula is C17H13N3O5S. The van der Waals surface area contributed by atoms with Crippen LogP contribution in [-0.4, -0.2) is 20.7 Å². The van der Waals surface area contributed by atoms with Gasteiger partial charge in [0.05, 0.1) is 16.8 Å². The molecule has 0 bridgehead atoms. The quantitative estimate of drug-likeness (QED) is 0.480. The molecule has 0 aliphatic carbocycles. The van der Waals surface area contributed by atoms with Crippen LogP contribution in [0.5, 0.6) is 0 Å². The lowest BCUT2D eigenvalue weighted by molar-refractivity contribution is -0.146. The van der Waals surface area contributed by atoms with Crippen molar-refractivity contribution >= 4 is 28.4 Å². The summed E-state index contributed by atoms with van der Waals surface area (Å²) in [5, 5.41) is 5.75. The van der Waals surface area contributed by atoms with Crippen LogP contribution in [0.25, 0.3) is 21.8 Å². The fraction of sp³-hybridized carbons (Fsp3) is 0.176. The maximum atomic E-state index is 11.9. The molecule has 26 heavy (non-hydrogen) atoms. The highest BCUT2D eigenvalue weighted by Crippen LogP contribution is 2.21. The predicted molar refractivity (Wildman–Crippen MR) is 92.5 cm³/mol. The predicted octanol–water partition coefficient (Wildman–Crippen LogP) is 2.84. The van der Waals surface area contributed by atoms with Crippen molar-refractivity contribution in [2.75, 3.05) is 0 Å². The Morgan fingerprint density at radius 1 is 1.23 bits per heavy atom. The number of para-hydroxylation sites is 2. The van der Waals surface area contributed by atoms with Gasteiger partial charge in [-0.25, -0.2) is 4.79 Å². The number of carbonyl (C=O) groups is 1. The van der Waals surface area contributed by atoms with Crippen LogP contribution in [-0.2, 0) is 22.7 Å². The summed E-state index contributed by atoms with van der Waals surface area (Å²) in [5.41, 5.74) is 1.13. The average Bonchev–Trinajstić information content (AvgIpc) is 3.37. The number of nitrogens with zero attached hydrogens (tertiary/aromatic N) is 3. The molecule has 3 aromatic heterocycles. The third-order valence-electron chi connectivity index (χ3n) is 3.68. The Kier molecular flexibility index (Phi) is 4.36. The first-order valence-corrected chi connectivity index (χ1v) is 8.69. The minimum Gasteiger partial charge on any atom is -0.456 e. The highest BCUT2D eigenvalue weighted by Gasteiger charge is 2.14. The summed E-state index contributed by atoms with van der Waals surface area (Å²) in [6, 6.07) is 10.8. The zero-order valence-corrected chi connectivity index (χ0v) is 14.3. The smallest absolute Gasteiger partial charge is 0.419 e. The van der Waals surface area contributed by atoms with Crippen molar-refractivity contribution in [2.24, 2.45) is 0 Å². The highest BCUT2D eigenvalue weighted by molar-refractivity contribution is 7.13. The summed E-state index contributed by atoms with van der Waals surface area (Å²) in [4.78, 5) is 28.8. The second-order valence-electron chi connectivity index (χ2n) is 5.39. The van der Waals surface area contributed by atoms with Gasteiger partial charge in [-0.2, -0.15) is 4.98 Å². The molecule has 9 heteroatoms. The second-order valence-corrected chi connectivity index (χ2v) is 6.33. The average molecular weight is 371 g/mol. The molecule has 0 aliphatic rings. The molecule has 4 aromatic rings. The van der Waals surface area contributed by atoms with E-state index in [1.54, 1.807) is 24.3 Å². The number of esters is 1. The zero-order chi connectivity index (χ0) is 17.9. The molecule has 0 unspecified atom stereocenters. The van der Waals surface area contributed by atoms with Gasteiger partial charge in [-0.05, 0) is 23.6 Å².